The summed E-state index contributed by atoms with van der Waals surface area (Å²) in [6.07, 6.45) is 17.8. The van der Waals surface area contributed by atoms with Gasteiger partial charge in [-0.05, 0) is 73.2 Å². The highest BCUT2D eigenvalue weighted by atomic mass is 32.2. The number of fused-ring (bicyclic) bond motifs is 9. The summed E-state index contributed by atoms with van der Waals surface area (Å²) in [6, 6.07) is 27.4. The highest BCUT2D eigenvalue weighted by molar-refractivity contribution is 8.04. The van der Waals surface area contributed by atoms with E-state index in [9.17, 15) is 0 Å². The van der Waals surface area contributed by atoms with Gasteiger partial charge in [-0.3, -0.25) is 0 Å². The number of hydrogen-bond acceptors (Lipinski definition) is 1. The molecule has 0 N–H and O–H groups in total. The Hall–Kier alpha value is -3.55. The Balaban J connectivity index is 1.24. The summed E-state index contributed by atoms with van der Waals surface area (Å²) in [5.74, 6) is 1.81. The standard InChI is InChI=1S/C38H32S/c1-23-18-19-34-31-15-7-8-17-35(31)39-38(34)36(23)26-11-9-10-25(22-26)27-20-21-33-30-14-4-3-12-28(30)29-13-5-6-16-32(29)37(33)24(27)2/h3-17,19-24,27,31,35H,18H2,1-2H3. The second-order valence-electron chi connectivity index (χ2n) is 11.6. The third-order valence-corrected chi connectivity index (χ3v) is 10.9. The third kappa shape index (κ3) is 3.52. The second-order valence-corrected chi connectivity index (χ2v) is 12.8. The van der Waals surface area contributed by atoms with E-state index in [0.717, 1.165) is 6.42 Å². The predicted octanol–water partition coefficient (Wildman–Crippen LogP) is 10.4. The van der Waals surface area contributed by atoms with Gasteiger partial charge in [-0.2, -0.15) is 0 Å². The quantitative estimate of drug-likeness (QED) is 0.237. The Labute approximate surface area is 235 Å². The fourth-order valence-electron chi connectivity index (χ4n) is 7.57. The molecule has 4 aromatic rings. The Morgan fingerprint density at radius 3 is 2.31 bits per heavy atom. The lowest BCUT2D eigenvalue weighted by Crippen LogP contribution is -2.13. The monoisotopic (exact) mass is 520 g/mol. The number of rotatable bonds is 2. The smallest absolute Gasteiger partial charge is 0.0381 e. The molecular weight excluding hydrogens is 488 g/mol. The summed E-state index contributed by atoms with van der Waals surface area (Å²) >= 11 is 2.08. The number of thioether (sulfide) groups is 1. The van der Waals surface area contributed by atoms with Crippen LogP contribution in [0, 0.1) is 11.8 Å². The summed E-state index contributed by atoms with van der Waals surface area (Å²) in [5.41, 5.74) is 8.85. The first-order valence-corrected chi connectivity index (χ1v) is 15.2. The molecule has 5 atom stereocenters. The van der Waals surface area contributed by atoms with Gasteiger partial charge in [0.2, 0.25) is 0 Å². The minimum atomic E-state index is 0.353. The van der Waals surface area contributed by atoms with E-state index in [1.807, 2.05) is 0 Å². The molecule has 1 heterocycles. The maximum absolute atomic E-state index is 2.52. The molecule has 39 heavy (non-hydrogen) atoms. The topological polar surface area (TPSA) is 0 Å². The number of allylic oxidation sites excluding steroid dienone is 7. The van der Waals surface area contributed by atoms with Gasteiger partial charge in [-0.1, -0.05) is 129 Å². The van der Waals surface area contributed by atoms with Crippen LogP contribution < -0.4 is 0 Å². The van der Waals surface area contributed by atoms with Crippen LogP contribution in [-0.2, 0) is 0 Å². The first kappa shape index (κ1) is 23.3. The van der Waals surface area contributed by atoms with Crippen LogP contribution in [0.5, 0.6) is 0 Å². The molecule has 0 bridgehead atoms. The van der Waals surface area contributed by atoms with Gasteiger partial charge in [0.25, 0.3) is 0 Å². The van der Waals surface area contributed by atoms with Crippen LogP contribution in [0.25, 0.3) is 33.2 Å². The normalized spacial score (nSPS) is 27.0. The van der Waals surface area contributed by atoms with Crippen molar-refractivity contribution >= 4 is 45.0 Å². The van der Waals surface area contributed by atoms with Crippen LogP contribution in [0.1, 0.15) is 54.4 Å². The first-order valence-electron chi connectivity index (χ1n) is 14.4. The van der Waals surface area contributed by atoms with Gasteiger partial charge < -0.3 is 0 Å². The molecule has 190 valence electrons. The average Bonchev–Trinajstić information content (AvgIpc) is 3.36. The molecule has 1 heteroatoms. The van der Waals surface area contributed by atoms with E-state index in [1.54, 1.807) is 11.1 Å². The molecule has 4 aliphatic rings. The summed E-state index contributed by atoms with van der Waals surface area (Å²) in [6.45, 7) is 4.84. The molecule has 1 saturated heterocycles. The molecule has 1 fully saturated rings. The molecule has 5 unspecified atom stereocenters. The van der Waals surface area contributed by atoms with Crippen molar-refractivity contribution in [3.63, 3.8) is 0 Å². The summed E-state index contributed by atoms with van der Waals surface area (Å²) in [7, 11) is 0. The van der Waals surface area contributed by atoms with Crippen LogP contribution >= 0.6 is 11.8 Å². The summed E-state index contributed by atoms with van der Waals surface area (Å²) in [4.78, 5) is 1.53. The molecule has 8 rings (SSSR count). The lowest BCUT2D eigenvalue weighted by molar-refractivity contribution is 0.674. The van der Waals surface area contributed by atoms with Crippen LogP contribution in [0.2, 0.25) is 0 Å². The zero-order valence-electron chi connectivity index (χ0n) is 22.5. The van der Waals surface area contributed by atoms with E-state index in [0.29, 0.717) is 28.9 Å². The Morgan fingerprint density at radius 2 is 1.46 bits per heavy atom. The molecule has 0 radical (unpaired) electrons. The predicted molar refractivity (Wildman–Crippen MR) is 170 cm³/mol. The largest absolute Gasteiger partial charge is 0.117 e. The molecule has 0 nitrogen and oxygen atoms in total. The Bertz CT molecular complexity index is 1810. The van der Waals surface area contributed by atoms with Gasteiger partial charge in [0, 0.05) is 22.0 Å². The van der Waals surface area contributed by atoms with Crippen molar-refractivity contribution in [3.05, 3.63) is 142 Å². The van der Waals surface area contributed by atoms with E-state index in [2.05, 4.69) is 141 Å². The fraction of sp³-hybridized carbons (Fsp3) is 0.211. The minimum Gasteiger partial charge on any atom is -0.117 e. The molecule has 0 saturated carbocycles. The van der Waals surface area contributed by atoms with E-state index < -0.39 is 0 Å². The van der Waals surface area contributed by atoms with Crippen molar-refractivity contribution in [3.8, 4) is 0 Å². The Kier molecular flexibility index (Phi) is 5.39. The molecule has 4 aromatic carbocycles. The number of hydrogen-bond donors (Lipinski definition) is 0. The molecule has 0 amide bonds. The first-order chi connectivity index (χ1) is 19.2. The average molecular weight is 521 g/mol. The van der Waals surface area contributed by atoms with Gasteiger partial charge in [-0.25, -0.2) is 0 Å². The van der Waals surface area contributed by atoms with Gasteiger partial charge in [0.15, 0.2) is 0 Å². The van der Waals surface area contributed by atoms with Crippen molar-refractivity contribution < 1.29 is 0 Å². The van der Waals surface area contributed by atoms with Crippen LogP contribution in [0.4, 0.5) is 0 Å². The highest BCUT2D eigenvalue weighted by Gasteiger charge is 2.38. The number of benzene rings is 4. The third-order valence-electron chi connectivity index (χ3n) is 9.45. The lowest BCUT2D eigenvalue weighted by atomic mass is 9.73. The molecule has 0 spiro atoms. The summed E-state index contributed by atoms with van der Waals surface area (Å²) in [5, 5.41) is 6.03. The van der Waals surface area contributed by atoms with E-state index in [1.165, 1.54) is 48.7 Å². The second kappa shape index (κ2) is 9.00. The van der Waals surface area contributed by atoms with Gasteiger partial charge in [-0.15, -0.1) is 11.8 Å². The maximum atomic E-state index is 2.52. The van der Waals surface area contributed by atoms with Crippen molar-refractivity contribution in [1.29, 1.82) is 0 Å². The van der Waals surface area contributed by atoms with Crippen LogP contribution in [-0.4, -0.2) is 5.25 Å². The molecule has 1 aliphatic heterocycles. The van der Waals surface area contributed by atoms with Gasteiger partial charge in [0.1, 0.15) is 0 Å². The van der Waals surface area contributed by atoms with Gasteiger partial charge in [0.05, 0.1) is 0 Å². The SMILES string of the molecule is CC1CC=C2C(=C1c1cccc(C3C=Cc4c(c5ccccc5c5ccccc45)C3C)c1)SC1C=CC=CC21. The van der Waals surface area contributed by atoms with E-state index >= 15 is 0 Å². The van der Waals surface area contributed by atoms with Crippen molar-refractivity contribution in [2.75, 3.05) is 0 Å². The van der Waals surface area contributed by atoms with Crippen molar-refractivity contribution in [2.24, 2.45) is 11.8 Å². The van der Waals surface area contributed by atoms with Crippen molar-refractivity contribution in [1.82, 2.24) is 0 Å². The minimum absolute atomic E-state index is 0.353. The van der Waals surface area contributed by atoms with Crippen LogP contribution in [0.15, 0.2) is 120 Å². The lowest BCUT2D eigenvalue weighted by Gasteiger charge is -2.31. The van der Waals surface area contributed by atoms with Crippen LogP contribution in [0.3, 0.4) is 0 Å². The maximum Gasteiger partial charge on any atom is 0.0381 e. The van der Waals surface area contributed by atoms with Crippen molar-refractivity contribution in [2.45, 2.75) is 37.4 Å². The van der Waals surface area contributed by atoms with E-state index in [-0.39, 0.29) is 0 Å². The fourth-order valence-corrected chi connectivity index (χ4v) is 9.20. The molecule has 0 aromatic heterocycles. The molecular formula is C38H32S. The van der Waals surface area contributed by atoms with E-state index in [4.69, 9.17) is 0 Å². The highest BCUT2D eigenvalue weighted by Crippen LogP contribution is 2.55. The Morgan fingerprint density at radius 1 is 0.718 bits per heavy atom. The zero-order valence-corrected chi connectivity index (χ0v) is 23.3. The summed E-state index contributed by atoms with van der Waals surface area (Å²) < 4.78 is 0. The zero-order chi connectivity index (χ0) is 26.1. The molecule has 3 aliphatic carbocycles. The van der Waals surface area contributed by atoms with Gasteiger partial charge >= 0.3 is 0 Å².